The van der Waals surface area contributed by atoms with E-state index in [0.717, 1.165) is 12.1 Å². The van der Waals surface area contributed by atoms with E-state index in [2.05, 4.69) is 0 Å². The SMILES string of the molecule is CC1(N)CN(C(=O)c2cccc(C(F)(F)F)c2F)C1. The van der Waals surface area contributed by atoms with Gasteiger partial charge in [-0.1, -0.05) is 6.07 Å². The van der Waals surface area contributed by atoms with E-state index < -0.39 is 34.6 Å². The predicted octanol–water partition coefficient (Wildman–Crippen LogP) is 2.02. The monoisotopic (exact) mass is 276 g/mol. The number of hydrogen-bond acceptors (Lipinski definition) is 2. The molecule has 1 saturated heterocycles. The molecule has 0 aromatic heterocycles. The molecule has 19 heavy (non-hydrogen) atoms. The average Bonchev–Trinajstić information content (AvgIpc) is 2.23. The van der Waals surface area contributed by atoms with Crippen LogP contribution in [0.4, 0.5) is 17.6 Å². The summed E-state index contributed by atoms with van der Waals surface area (Å²) in [6, 6.07) is 2.66. The minimum atomic E-state index is -4.82. The van der Waals surface area contributed by atoms with Crippen molar-refractivity contribution in [2.45, 2.75) is 18.6 Å². The van der Waals surface area contributed by atoms with E-state index in [9.17, 15) is 22.4 Å². The number of carbonyl (C=O) groups excluding carboxylic acids is 1. The third kappa shape index (κ3) is 2.56. The highest BCUT2D eigenvalue weighted by Gasteiger charge is 2.41. The molecule has 1 fully saturated rings. The van der Waals surface area contributed by atoms with Crippen LogP contribution in [0.2, 0.25) is 0 Å². The van der Waals surface area contributed by atoms with Crippen LogP contribution in [0, 0.1) is 5.82 Å². The Morgan fingerprint density at radius 2 is 1.95 bits per heavy atom. The number of alkyl halides is 3. The highest BCUT2D eigenvalue weighted by molar-refractivity contribution is 5.95. The van der Waals surface area contributed by atoms with Gasteiger partial charge in [-0.3, -0.25) is 4.79 Å². The smallest absolute Gasteiger partial charge is 0.335 e. The summed E-state index contributed by atoms with van der Waals surface area (Å²) >= 11 is 0. The zero-order valence-electron chi connectivity index (χ0n) is 10.1. The van der Waals surface area contributed by atoms with Crippen molar-refractivity contribution in [3.63, 3.8) is 0 Å². The molecule has 2 rings (SSSR count). The lowest BCUT2D eigenvalue weighted by atomic mass is 9.92. The van der Waals surface area contributed by atoms with Crippen LogP contribution in [-0.4, -0.2) is 29.4 Å². The van der Waals surface area contributed by atoms with Crippen LogP contribution in [0.1, 0.15) is 22.8 Å². The van der Waals surface area contributed by atoms with E-state index in [1.807, 2.05) is 0 Å². The quantitative estimate of drug-likeness (QED) is 0.798. The number of benzene rings is 1. The van der Waals surface area contributed by atoms with E-state index in [1.54, 1.807) is 6.92 Å². The van der Waals surface area contributed by atoms with Crippen LogP contribution in [0.3, 0.4) is 0 Å². The third-order valence-corrected chi connectivity index (χ3v) is 2.93. The first-order chi connectivity index (χ1) is 8.62. The van der Waals surface area contributed by atoms with E-state index in [4.69, 9.17) is 5.73 Å². The van der Waals surface area contributed by atoms with Gasteiger partial charge in [0.15, 0.2) is 0 Å². The fourth-order valence-electron chi connectivity index (χ4n) is 2.06. The van der Waals surface area contributed by atoms with Crippen LogP contribution in [0.15, 0.2) is 18.2 Å². The number of nitrogens with zero attached hydrogens (tertiary/aromatic N) is 1. The number of amides is 1. The molecule has 0 atom stereocenters. The molecule has 104 valence electrons. The van der Waals surface area contributed by atoms with Gasteiger partial charge < -0.3 is 10.6 Å². The minimum Gasteiger partial charge on any atom is -0.335 e. The van der Waals surface area contributed by atoms with E-state index >= 15 is 0 Å². The molecular weight excluding hydrogens is 264 g/mol. The summed E-state index contributed by atoms with van der Waals surface area (Å²) in [7, 11) is 0. The molecule has 1 amide bonds. The molecule has 1 aliphatic heterocycles. The largest absolute Gasteiger partial charge is 0.419 e. The number of likely N-dealkylation sites (tertiary alicyclic amines) is 1. The second-order valence-electron chi connectivity index (χ2n) is 4.98. The summed E-state index contributed by atoms with van der Waals surface area (Å²) in [5.41, 5.74) is 3.12. The Morgan fingerprint density at radius 3 is 2.42 bits per heavy atom. The molecular formula is C12H12F4N2O. The minimum absolute atomic E-state index is 0.196. The first-order valence-corrected chi connectivity index (χ1v) is 5.56. The highest BCUT2D eigenvalue weighted by atomic mass is 19.4. The fourth-order valence-corrected chi connectivity index (χ4v) is 2.06. The van der Waals surface area contributed by atoms with Crippen molar-refractivity contribution in [2.75, 3.05) is 13.1 Å². The summed E-state index contributed by atoms with van der Waals surface area (Å²) < 4.78 is 51.3. The average molecular weight is 276 g/mol. The number of carbonyl (C=O) groups is 1. The van der Waals surface area contributed by atoms with Crippen LogP contribution < -0.4 is 5.73 Å². The van der Waals surface area contributed by atoms with Gasteiger partial charge in [0.25, 0.3) is 5.91 Å². The Labute approximate surface area is 107 Å². The second-order valence-corrected chi connectivity index (χ2v) is 4.98. The molecule has 0 bridgehead atoms. The molecule has 7 heteroatoms. The Hall–Kier alpha value is -1.63. The van der Waals surface area contributed by atoms with Gasteiger partial charge in [0, 0.05) is 18.6 Å². The van der Waals surface area contributed by atoms with Gasteiger partial charge in [-0.05, 0) is 19.1 Å². The topological polar surface area (TPSA) is 46.3 Å². The molecule has 1 aromatic carbocycles. The standard InChI is InChI=1S/C12H12F4N2O/c1-11(17)5-18(6-11)10(19)7-3-2-4-8(9(7)13)12(14,15)16/h2-4H,5-6,17H2,1H3. The molecule has 0 unspecified atom stereocenters. The molecule has 1 heterocycles. The van der Waals surface area contributed by atoms with Crippen LogP contribution in [0.5, 0.6) is 0 Å². The van der Waals surface area contributed by atoms with Crippen molar-refractivity contribution < 1.29 is 22.4 Å². The number of hydrogen-bond donors (Lipinski definition) is 1. The van der Waals surface area contributed by atoms with Crippen LogP contribution in [-0.2, 0) is 6.18 Å². The lowest BCUT2D eigenvalue weighted by Gasteiger charge is -2.45. The second kappa shape index (κ2) is 4.19. The van der Waals surface area contributed by atoms with Crippen molar-refractivity contribution in [1.29, 1.82) is 0 Å². The Morgan fingerprint density at radius 1 is 1.37 bits per heavy atom. The van der Waals surface area contributed by atoms with Gasteiger partial charge >= 0.3 is 6.18 Å². The van der Waals surface area contributed by atoms with Crippen LogP contribution >= 0.6 is 0 Å². The van der Waals surface area contributed by atoms with E-state index in [0.29, 0.717) is 6.07 Å². The lowest BCUT2D eigenvalue weighted by molar-refractivity contribution is -0.140. The molecule has 0 radical (unpaired) electrons. The molecule has 1 aromatic rings. The van der Waals surface area contributed by atoms with Gasteiger partial charge in [0.05, 0.1) is 11.1 Å². The zero-order chi connectivity index (χ0) is 14.4. The van der Waals surface area contributed by atoms with Gasteiger partial charge in [-0.25, -0.2) is 4.39 Å². The molecule has 0 aliphatic carbocycles. The maximum atomic E-state index is 13.7. The van der Waals surface area contributed by atoms with Crippen molar-refractivity contribution in [2.24, 2.45) is 5.73 Å². The summed E-state index contributed by atoms with van der Waals surface area (Å²) in [4.78, 5) is 13.1. The first-order valence-electron chi connectivity index (χ1n) is 5.56. The maximum Gasteiger partial charge on any atom is 0.419 e. The number of nitrogens with two attached hydrogens (primary N) is 1. The summed E-state index contributed by atoms with van der Waals surface area (Å²) in [6.07, 6.45) is -4.82. The van der Waals surface area contributed by atoms with Crippen molar-refractivity contribution in [3.8, 4) is 0 Å². The van der Waals surface area contributed by atoms with Gasteiger partial charge in [0.2, 0.25) is 0 Å². The number of rotatable bonds is 1. The maximum absolute atomic E-state index is 13.7. The molecule has 0 spiro atoms. The zero-order valence-corrected chi connectivity index (χ0v) is 10.1. The van der Waals surface area contributed by atoms with Gasteiger partial charge in [-0.15, -0.1) is 0 Å². The summed E-state index contributed by atoms with van der Waals surface area (Å²) in [6.45, 7) is 2.10. The van der Waals surface area contributed by atoms with Gasteiger partial charge in [0.1, 0.15) is 5.82 Å². The van der Waals surface area contributed by atoms with Crippen molar-refractivity contribution in [1.82, 2.24) is 4.90 Å². The summed E-state index contributed by atoms with van der Waals surface area (Å²) in [5.74, 6) is -2.31. The fraction of sp³-hybridized carbons (Fsp3) is 0.417. The Kier molecular flexibility index (Phi) is 3.04. The lowest BCUT2D eigenvalue weighted by Crippen LogP contribution is -2.66. The molecule has 0 saturated carbocycles. The molecule has 2 N–H and O–H groups in total. The first kappa shape index (κ1) is 13.8. The van der Waals surface area contributed by atoms with Gasteiger partial charge in [-0.2, -0.15) is 13.2 Å². The number of halogens is 4. The molecule has 3 nitrogen and oxygen atoms in total. The van der Waals surface area contributed by atoms with E-state index in [-0.39, 0.29) is 13.1 Å². The Bertz CT molecular complexity index is 517. The van der Waals surface area contributed by atoms with Crippen molar-refractivity contribution in [3.05, 3.63) is 35.1 Å². The summed E-state index contributed by atoms with van der Waals surface area (Å²) in [5, 5.41) is 0. The Balaban J connectivity index is 2.29. The molecule has 1 aliphatic rings. The van der Waals surface area contributed by atoms with Crippen molar-refractivity contribution >= 4 is 5.91 Å². The predicted molar refractivity (Wildman–Crippen MR) is 59.9 cm³/mol. The normalized spacial score (nSPS) is 18.1. The third-order valence-electron chi connectivity index (χ3n) is 2.93. The van der Waals surface area contributed by atoms with Crippen LogP contribution in [0.25, 0.3) is 0 Å². The van der Waals surface area contributed by atoms with E-state index in [1.165, 1.54) is 4.90 Å². The highest BCUT2D eigenvalue weighted by Crippen LogP contribution is 2.33.